The summed E-state index contributed by atoms with van der Waals surface area (Å²) in [5.41, 5.74) is -0.132. The van der Waals surface area contributed by atoms with E-state index >= 15 is 0 Å². The predicted molar refractivity (Wildman–Crippen MR) is 87.7 cm³/mol. The van der Waals surface area contributed by atoms with Crippen LogP contribution in [0.4, 0.5) is 5.69 Å². The molecule has 0 radical (unpaired) electrons. The summed E-state index contributed by atoms with van der Waals surface area (Å²) in [6.07, 6.45) is 0. The van der Waals surface area contributed by atoms with E-state index in [4.69, 9.17) is 14.2 Å². The van der Waals surface area contributed by atoms with Crippen molar-refractivity contribution in [2.75, 3.05) is 26.1 Å². The minimum Gasteiger partial charge on any atom is -0.545 e. The van der Waals surface area contributed by atoms with Crippen molar-refractivity contribution >= 4 is 21.7 Å². The zero-order chi connectivity index (χ0) is 18.6. The van der Waals surface area contributed by atoms with E-state index in [1.165, 1.54) is 45.6 Å². The molecule has 8 nitrogen and oxygen atoms in total. The Balaban J connectivity index is 2.49. The number of nitrogens with one attached hydrogen (secondary N) is 1. The number of hydrogen-bond donors (Lipinski definition) is 1. The van der Waals surface area contributed by atoms with Crippen molar-refractivity contribution in [1.29, 1.82) is 0 Å². The molecule has 1 N–H and O–H groups in total. The summed E-state index contributed by atoms with van der Waals surface area (Å²) in [6, 6.07) is 7.92. The van der Waals surface area contributed by atoms with Crippen LogP contribution in [0.25, 0.3) is 0 Å². The average molecular weight is 366 g/mol. The molecule has 0 aliphatic rings. The molecule has 0 aromatic heterocycles. The number of rotatable bonds is 7. The van der Waals surface area contributed by atoms with Gasteiger partial charge in [0, 0.05) is 6.07 Å². The van der Waals surface area contributed by atoms with Crippen LogP contribution >= 0.6 is 0 Å². The minimum atomic E-state index is -4.15. The largest absolute Gasteiger partial charge is 0.545 e. The molecule has 0 amide bonds. The predicted octanol–water partition coefficient (Wildman–Crippen LogP) is 0.877. The van der Waals surface area contributed by atoms with Gasteiger partial charge in [-0.1, -0.05) is 0 Å². The average Bonchev–Trinajstić information content (AvgIpc) is 2.61. The van der Waals surface area contributed by atoms with Crippen LogP contribution in [0.5, 0.6) is 17.2 Å². The first kappa shape index (κ1) is 18.4. The van der Waals surface area contributed by atoms with E-state index in [1.54, 1.807) is 6.07 Å². The molecule has 0 unspecified atom stereocenters. The van der Waals surface area contributed by atoms with Crippen LogP contribution in [-0.2, 0) is 10.0 Å². The molecule has 0 fully saturated rings. The lowest BCUT2D eigenvalue weighted by molar-refractivity contribution is -0.255. The summed E-state index contributed by atoms with van der Waals surface area (Å²) in [6.45, 7) is 0. The molecule has 0 heterocycles. The third kappa shape index (κ3) is 3.94. The summed E-state index contributed by atoms with van der Waals surface area (Å²) in [7, 11) is -0.0264. The van der Waals surface area contributed by atoms with E-state index in [-0.39, 0.29) is 27.6 Å². The van der Waals surface area contributed by atoms with Gasteiger partial charge in [0.2, 0.25) is 0 Å². The van der Waals surface area contributed by atoms with Crippen molar-refractivity contribution in [2.45, 2.75) is 4.90 Å². The molecule has 25 heavy (non-hydrogen) atoms. The highest BCUT2D eigenvalue weighted by Crippen LogP contribution is 2.33. The number of benzene rings is 2. The van der Waals surface area contributed by atoms with Gasteiger partial charge >= 0.3 is 0 Å². The lowest BCUT2D eigenvalue weighted by atomic mass is 10.2. The lowest BCUT2D eigenvalue weighted by Crippen LogP contribution is -2.23. The molecule has 134 valence electrons. The van der Waals surface area contributed by atoms with Crippen LogP contribution in [-0.4, -0.2) is 35.7 Å². The fraction of sp³-hybridized carbons (Fsp3) is 0.188. The molecule has 0 aliphatic carbocycles. The fourth-order valence-corrected chi connectivity index (χ4v) is 3.36. The third-order valence-corrected chi connectivity index (χ3v) is 4.73. The highest BCUT2D eigenvalue weighted by molar-refractivity contribution is 7.92. The van der Waals surface area contributed by atoms with Gasteiger partial charge in [-0.25, -0.2) is 8.42 Å². The number of carboxylic acids is 1. The van der Waals surface area contributed by atoms with Crippen LogP contribution in [0.2, 0.25) is 0 Å². The Hall–Kier alpha value is -2.94. The van der Waals surface area contributed by atoms with Gasteiger partial charge in [-0.3, -0.25) is 4.72 Å². The SMILES string of the molecule is COc1ccc(NS(=O)(=O)c2cc(C(=O)[O-])ccc2OC)c(OC)c1. The first-order valence-electron chi connectivity index (χ1n) is 6.96. The number of carbonyl (C=O) groups is 1. The topological polar surface area (TPSA) is 114 Å². The van der Waals surface area contributed by atoms with Crippen LogP contribution in [0.1, 0.15) is 10.4 Å². The molecule has 9 heteroatoms. The molecular weight excluding hydrogens is 350 g/mol. The van der Waals surface area contributed by atoms with E-state index < -0.39 is 16.0 Å². The molecule has 2 aromatic carbocycles. The Kier molecular flexibility index (Phi) is 5.38. The van der Waals surface area contributed by atoms with E-state index in [1.807, 2.05) is 0 Å². The first-order valence-corrected chi connectivity index (χ1v) is 8.45. The molecule has 0 aliphatic heterocycles. The van der Waals surface area contributed by atoms with Crippen LogP contribution in [0, 0.1) is 0 Å². The summed E-state index contributed by atoms with van der Waals surface area (Å²) in [4.78, 5) is 10.7. The molecule has 2 rings (SSSR count). The molecule has 2 aromatic rings. The van der Waals surface area contributed by atoms with Gasteiger partial charge in [-0.2, -0.15) is 0 Å². The van der Waals surface area contributed by atoms with E-state index in [2.05, 4.69) is 4.72 Å². The van der Waals surface area contributed by atoms with Crippen molar-refractivity contribution in [3.8, 4) is 17.2 Å². The van der Waals surface area contributed by atoms with Gasteiger partial charge < -0.3 is 24.1 Å². The first-order chi connectivity index (χ1) is 11.8. The van der Waals surface area contributed by atoms with Crippen LogP contribution in [0.3, 0.4) is 0 Å². The van der Waals surface area contributed by atoms with Crippen molar-refractivity contribution in [1.82, 2.24) is 0 Å². The summed E-state index contributed by atoms with van der Waals surface area (Å²) >= 11 is 0. The standard InChI is InChI=1S/C16H17NO7S/c1-22-11-5-6-12(14(9-11)24-3)17-25(20,21)15-8-10(16(18)19)4-7-13(15)23-2/h4-9,17H,1-3H3,(H,18,19)/p-1. The van der Waals surface area contributed by atoms with E-state index in [9.17, 15) is 18.3 Å². The van der Waals surface area contributed by atoms with Crippen molar-refractivity contribution in [3.05, 3.63) is 42.0 Å². The van der Waals surface area contributed by atoms with Gasteiger partial charge in [0.25, 0.3) is 10.0 Å². The maximum atomic E-state index is 12.7. The van der Waals surface area contributed by atoms with Crippen molar-refractivity contribution < 1.29 is 32.5 Å². The van der Waals surface area contributed by atoms with Gasteiger partial charge in [0.15, 0.2) is 0 Å². The number of sulfonamides is 1. The zero-order valence-electron chi connectivity index (χ0n) is 13.7. The highest BCUT2D eigenvalue weighted by Gasteiger charge is 2.22. The smallest absolute Gasteiger partial charge is 0.265 e. The second-order valence-corrected chi connectivity index (χ2v) is 6.48. The maximum absolute atomic E-state index is 12.7. The maximum Gasteiger partial charge on any atom is 0.265 e. The Morgan fingerprint density at radius 2 is 1.64 bits per heavy atom. The fourth-order valence-electron chi connectivity index (χ4n) is 2.10. The number of ether oxygens (including phenoxy) is 3. The molecule has 0 spiro atoms. The number of methoxy groups -OCH3 is 3. The van der Waals surface area contributed by atoms with Gasteiger partial charge in [-0.05, 0) is 35.9 Å². The van der Waals surface area contributed by atoms with E-state index in [0.717, 1.165) is 6.07 Å². The number of carbonyl (C=O) groups excluding carboxylic acids is 1. The van der Waals surface area contributed by atoms with Gasteiger partial charge in [0.05, 0.1) is 33.0 Å². The summed E-state index contributed by atoms with van der Waals surface area (Å²) < 4.78 is 42.9. The Morgan fingerprint density at radius 3 is 2.20 bits per heavy atom. The zero-order valence-corrected chi connectivity index (χ0v) is 14.5. The molecule has 0 atom stereocenters. The lowest BCUT2D eigenvalue weighted by Gasteiger charge is -2.15. The number of aromatic carboxylic acids is 1. The molecule has 0 saturated heterocycles. The minimum absolute atomic E-state index is 0.00928. The molecule has 0 saturated carbocycles. The summed E-state index contributed by atoms with van der Waals surface area (Å²) in [5, 5.41) is 11.0. The Bertz CT molecular complexity index is 893. The van der Waals surface area contributed by atoms with E-state index in [0.29, 0.717) is 5.75 Å². The van der Waals surface area contributed by atoms with Crippen LogP contribution < -0.4 is 24.0 Å². The Morgan fingerprint density at radius 1 is 0.960 bits per heavy atom. The quantitative estimate of drug-likeness (QED) is 0.773. The molecular formula is C16H16NO7S-. The monoisotopic (exact) mass is 366 g/mol. The van der Waals surface area contributed by atoms with Crippen molar-refractivity contribution in [2.24, 2.45) is 0 Å². The van der Waals surface area contributed by atoms with Crippen molar-refractivity contribution in [3.63, 3.8) is 0 Å². The molecule has 0 bridgehead atoms. The second kappa shape index (κ2) is 7.31. The summed E-state index contributed by atoms with van der Waals surface area (Å²) in [5.74, 6) is -0.791. The second-order valence-electron chi connectivity index (χ2n) is 4.82. The Labute approximate surface area is 145 Å². The van der Waals surface area contributed by atoms with Gasteiger partial charge in [0.1, 0.15) is 22.1 Å². The number of anilines is 1. The highest BCUT2D eigenvalue weighted by atomic mass is 32.2. The number of hydrogen-bond acceptors (Lipinski definition) is 7. The number of carboxylic acid groups (broad SMARTS) is 1. The van der Waals surface area contributed by atoms with Gasteiger partial charge in [-0.15, -0.1) is 0 Å². The normalized spacial score (nSPS) is 10.8. The third-order valence-electron chi connectivity index (χ3n) is 3.34. The van der Waals surface area contributed by atoms with Crippen LogP contribution in [0.15, 0.2) is 41.3 Å².